The van der Waals surface area contributed by atoms with Gasteiger partial charge in [0.1, 0.15) is 12.6 Å². The minimum absolute atomic E-state index is 0.0838. The molecule has 2 atom stereocenters. The summed E-state index contributed by atoms with van der Waals surface area (Å²) in [5, 5.41) is 13.6. The number of imide groups is 1. The number of carbonyl (C=O) groups excluding carboxylic acids is 3. The summed E-state index contributed by atoms with van der Waals surface area (Å²) in [6.45, 7) is 5.10. The molecule has 0 spiro atoms. The van der Waals surface area contributed by atoms with Crippen molar-refractivity contribution >= 4 is 23.8 Å². The number of nitrogens with zero attached hydrogens (tertiary/aromatic N) is 1. The van der Waals surface area contributed by atoms with Gasteiger partial charge >= 0.3 is 12.0 Å². The Morgan fingerprint density at radius 1 is 1.43 bits per heavy atom. The molecule has 1 saturated heterocycles. The third-order valence-corrected chi connectivity index (χ3v) is 3.41. The fraction of sp³-hybridized carbons (Fsp3) is 0.692. The first-order chi connectivity index (χ1) is 9.76. The lowest BCUT2D eigenvalue weighted by molar-refractivity contribution is -0.140. The highest BCUT2D eigenvalue weighted by molar-refractivity contribution is 6.04. The van der Waals surface area contributed by atoms with Crippen LogP contribution in [0, 0.1) is 5.92 Å². The molecule has 1 heterocycles. The van der Waals surface area contributed by atoms with Crippen LogP contribution in [0.2, 0.25) is 0 Å². The molecule has 0 aromatic rings. The van der Waals surface area contributed by atoms with Crippen LogP contribution in [-0.2, 0) is 14.4 Å². The van der Waals surface area contributed by atoms with Crippen molar-refractivity contribution in [1.82, 2.24) is 15.5 Å². The van der Waals surface area contributed by atoms with Gasteiger partial charge < -0.3 is 15.3 Å². The van der Waals surface area contributed by atoms with E-state index >= 15 is 0 Å². The van der Waals surface area contributed by atoms with Crippen LogP contribution in [0.15, 0.2) is 0 Å². The lowest BCUT2D eigenvalue weighted by atomic mass is 10.0. The molecule has 8 nitrogen and oxygen atoms in total. The number of carboxylic acids is 1. The number of rotatable bonds is 5. The van der Waals surface area contributed by atoms with Crippen LogP contribution in [0.4, 0.5) is 4.79 Å². The van der Waals surface area contributed by atoms with Gasteiger partial charge in [0.2, 0.25) is 11.8 Å². The number of urea groups is 1. The molecule has 0 bridgehead atoms. The van der Waals surface area contributed by atoms with Crippen LogP contribution < -0.4 is 10.6 Å². The van der Waals surface area contributed by atoms with E-state index in [4.69, 9.17) is 5.11 Å². The standard InChI is InChI=1S/C13H21N3O5/c1-4-9-12(20)15-10(17)6-16(9)13(21)14-8(7(2)3)5-11(18)19/h7-9H,4-6H2,1-3H3,(H,14,21)(H,18,19)(H,15,17,20). The van der Waals surface area contributed by atoms with Crippen LogP contribution in [0.25, 0.3) is 0 Å². The summed E-state index contributed by atoms with van der Waals surface area (Å²) in [4.78, 5) is 47.3. The Balaban J connectivity index is 2.81. The van der Waals surface area contributed by atoms with E-state index in [1.54, 1.807) is 20.8 Å². The molecule has 3 N–H and O–H groups in total. The topological polar surface area (TPSA) is 116 Å². The van der Waals surface area contributed by atoms with Gasteiger partial charge in [-0.15, -0.1) is 0 Å². The minimum Gasteiger partial charge on any atom is -0.481 e. The van der Waals surface area contributed by atoms with Gasteiger partial charge in [0.25, 0.3) is 0 Å². The molecular weight excluding hydrogens is 278 g/mol. The van der Waals surface area contributed by atoms with Crippen molar-refractivity contribution in [3.05, 3.63) is 0 Å². The molecule has 118 valence electrons. The molecule has 2 unspecified atom stereocenters. The van der Waals surface area contributed by atoms with Crippen molar-refractivity contribution in [2.24, 2.45) is 5.92 Å². The summed E-state index contributed by atoms with van der Waals surface area (Å²) in [5.41, 5.74) is 0. The molecule has 21 heavy (non-hydrogen) atoms. The molecule has 1 rings (SSSR count). The van der Waals surface area contributed by atoms with E-state index in [9.17, 15) is 19.2 Å². The summed E-state index contributed by atoms with van der Waals surface area (Å²) in [5.74, 6) is -2.16. The molecule has 1 aliphatic heterocycles. The van der Waals surface area contributed by atoms with E-state index < -0.39 is 35.9 Å². The molecule has 0 aliphatic carbocycles. The van der Waals surface area contributed by atoms with E-state index in [0.29, 0.717) is 6.42 Å². The number of hydrogen-bond acceptors (Lipinski definition) is 4. The Hall–Kier alpha value is -2.12. The molecule has 1 fully saturated rings. The van der Waals surface area contributed by atoms with Gasteiger partial charge in [0.05, 0.1) is 6.42 Å². The summed E-state index contributed by atoms with van der Waals surface area (Å²) in [7, 11) is 0. The van der Waals surface area contributed by atoms with Crippen molar-refractivity contribution in [3.63, 3.8) is 0 Å². The summed E-state index contributed by atoms with van der Waals surface area (Å²) >= 11 is 0. The smallest absolute Gasteiger partial charge is 0.318 e. The number of carbonyl (C=O) groups is 4. The third kappa shape index (κ3) is 4.44. The summed E-state index contributed by atoms with van der Waals surface area (Å²) in [6, 6.07) is -1.88. The van der Waals surface area contributed by atoms with Crippen molar-refractivity contribution in [1.29, 1.82) is 0 Å². The van der Waals surface area contributed by atoms with Gasteiger partial charge in [-0.3, -0.25) is 19.7 Å². The fourth-order valence-electron chi connectivity index (χ4n) is 2.17. The fourth-order valence-corrected chi connectivity index (χ4v) is 2.17. The second-order valence-corrected chi connectivity index (χ2v) is 5.36. The van der Waals surface area contributed by atoms with Gasteiger partial charge in [-0.25, -0.2) is 4.79 Å². The Morgan fingerprint density at radius 3 is 2.52 bits per heavy atom. The number of piperazine rings is 1. The Labute approximate surface area is 122 Å². The Kier molecular flexibility index (Phi) is 5.69. The molecule has 1 aliphatic rings. The molecule has 0 saturated carbocycles. The predicted molar refractivity (Wildman–Crippen MR) is 73.3 cm³/mol. The van der Waals surface area contributed by atoms with Gasteiger partial charge in [-0.1, -0.05) is 20.8 Å². The van der Waals surface area contributed by atoms with Gasteiger partial charge in [0.15, 0.2) is 0 Å². The Bertz CT molecular complexity index is 449. The zero-order valence-corrected chi connectivity index (χ0v) is 12.4. The number of carboxylic acid groups (broad SMARTS) is 1. The van der Waals surface area contributed by atoms with Crippen molar-refractivity contribution in [3.8, 4) is 0 Å². The van der Waals surface area contributed by atoms with E-state index in [0.717, 1.165) is 4.90 Å². The number of nitrogens with one attached hydrogen (secondary N) is 2. The normalized spacial score (nSPS) is 20.2. The maximum atomic E-state index is 12.2. The Morgan fingerprint density at radius 2 is 2.05 bits per heavy atom. The monoisotopic (exact) mass is 299 g/mol. The van der Waals surface area contributed by atoms with Crippen LogP contribution in [0.1, 0.15) is 33.6 Å². The maximum Gasteiger partial charge on any atom is 0.318 e. The first kappa shape index (κ1) is 16.9. The predicted octanol–water partition coefficient (Wildman–Crippen LogP) is -0.0677. The SMILES string of the molecule is CCC1C(=O)NC(=O)CN1C(=O)NC(CC(=O)O)C(C)C. The van der Waals surface area contributed by atoms with Crippen LogP contribution >= 0.6 is 0 Å². The lowest BCUT2D eigenvalue weighted by Crippen LogP contribution is -2.62. The maximum absolute atomic E-state index is 12.2. The highest BCUT2D eigenvalue weighted by Crippen LogP contribution is 2.12. The minimum atomic E-state index is -1.02. The number of amides is 4. The quantitative estimate of drug-likeness (QED) is 0.615. The average molecular weight is 299 g/mol. The van der Waals surface area contributed by atoms with Crippen LogP contribution in [0.3, 0.4) is 0 Å². The van der Waals surface area contributed by atoms with Crippen molar-refractivity contribution < 1.29 is 24.3 Å². The van der Waals surface area contributed by atoms with Gasteiger partial charge in [-0.2, -0.15) is 0 Å². The molecule has 4 amide bonds. The highest BCUT2D eigenvalue weighted by Gasteiger charge is 2.36. The first-order valence-electron chi connectivity index (χ1n) is 6.88. The van der Waals surface area contributed by atoms with E-state index in [1.165, 1.54) is 0 Å². The van der Waals surface area contributed by atoms with E-state index in [2.05, 4.69) is 10.6 Å². The first-order valence-corrected chi connectivity index (χ1v) is 6.88. The second-order valence-electron chi connectivity index (χ2n) is 5.36. The molecule has 0 aromatic heterocycles. The van der Waals surface area contributed by atoms with Crippen molar-refractivity contribution in [2.75, 3.05) is 6.54 Å². The third-order valence-electron chi connectivity index (χ3n) is 3.41. The van der Waals surface area contributed by atoms with Crippen LogP contribution in [-0.4, -0.2) is 52.4 Å². The summed E-state index contributed by atoms with van der Waals surface area (Å²) < 4.78 is 0. The zero-order chi connectivity index (χ0) is 16.2. The second kappa shape index (κ2) is 7.05. The van der Waals surface area contributed by atoms with E-state index in [1.807, 2.05) is 0 Å². The van der Waals surface area contributed by atoms with E-state index in [-0.39, 0.29) is 18.9 Å². The molecule has 8 heteroatoms. The highest BCUT2D eigenvalue weighted by atomic mass is 16.4. The molecule has 0 radical (unpaired) electrons. The largest absolute Gasteiger partial charge is 0.481 e. The zero-order valence-electron chi connectivity index (χ0n) is 12.4. The number of hydrogen-bond donors (Lipinski definition) is 3. The van der Waals surface area contributed by atoms with Crippen LogP contribution in [0.5, 0.6) is 0 Å². The van der Waals surface area contributed by atoms with Gasteiger partial charge in [-0.05, 0) is 12.3 Å². The number of aliphatic carboxylic acids is 1. The molecule has 0 aromatic carbocycles. The molecular formula is C13H21N3O5. The van der Waals surface area contributed by atoms with Crippen molar-refractivity contribution in [2.45, 2.75) is 45.7 Å². The average Bonchev–Trinajstić information content (AvgIpc) is 2.36. The van der Waals surface area contributed by atoms with Gasteiger partial charge in [0, 0.05) is 6.04 Å². The lowest BCUT2D eigenvalue weighted by Gasteiger charge is -2.35. The summed E-state index contributed by atoms with van der Waals surface area (Å²) in [6.07, 6.45) is 0.159.